The van der Waals surface area contributed by atoms with Crippen LogP contribution in [0.4, 0.5) is 5.69 Å². The predicted octanol–water partition coefficient (Wildman–Crippen LogP) is 1.88. The van der Waals surface area contributed by atoms with Gasteiger partial charge in [-0.25, -0.2) is 0 Å². The third kappa shape index (κ3) is 5.29. The van der Waals surface area contributed by atoms with Crippen LogP contribution in [-0.2, 0) is 11.2 Å². The van der Waals surface area contributed by atoms with Crippen LogP contribution in [0.1, 0.15) is 28.5 Å². The molecule has 9 heteroatoms. The van der Waals surface area contributed by atoms with E-state index in [-0.39, 0.29) is 28.3 Å². The maximum Gasteiger partial charge on any atom is 0.294 e. The number of nitrogen functional groups attached to an aromatic ring is 1. The second-order valence-electron chi connectivity index (χ2n) is 6.24. The van der Waals surface area contributed by atoms with Crippen LogP contribution in [-0.4, -0.2) is 32.3 Å². The average Bonchev–Trinajstić information content (AvgIpc) is 2.72. The summed E-state index contributed by atoms with van der Waals surface area (Å²) >= 11 is 0.999. The maximum atomic E-state index is 12.4. The van der Waals surface area contributed by atoms with E-state index in [1.807, 2.05) is 30.3 Å². The van der Waals surface area contributed by atoms with Gasteiger partial charge in [-0.1, -0.05) is 54.2 Å². The van der Waals surface area contributed by atoms with Crippen LogP contribution in [0, 0.1) is 0 Å². The molecular weight excluding hydrogens is 390 g/mol. The lowest BCUT2D eigenvalue weighted by atomic mass is 10.1. The fourth-order valence-corrected chi connectivity index (χ4v) is 3.21. The number of amides is 1. The number of nitrogens with one attached hydrogen (secondary N) is 1. The smallest absolute Gasteiger partial charge is 0.294 e. The molecule has 8 nitrogen and oxygen atoms in total. The van der Waals surface area contributed by atoms with Gasteiger partial charge in [0.25, 0.3) is 5.56 Å². The number of hydrogen-bond donors (Lipinski definition) is 2. The molecule has 0 saturated heterocycles. The molecule has 0 atom stereocenters. The summed E-state index contributed by atoms with van der Waals surface area (Å²) in [5, 5.41) is 10.8. The molecule has 0 aliphatic heterocycles. The normalized spacial score (nSPS) is 10.5. The van der Waals surface area contributed by atoms with Gasteiger partial charge < -0.3 is 11.2 Å². The van der Waals surface area contributed by atoms with Gasteiger partial charge in [-0.2, -0.15) is 4.68 Å². The van der Waals surface area contributed by atoms with Gasteiger partial charge in [0.2, 0.25) is 11.1 Å². The third-order valence-electron chi connectivity index (χ3n) is 4.03. The number of ketones is 1. The first-order valence-corrected chi connectivity index (χ1v) is 9.74. The van der Waals surface area contributed by atoms with Crippen LogP contribution in [0.15, 0.2) is 64.5 Å². The molecule has 0 bridgehead atoms. The summed E-state index contributed by atoms with van der Waals surface area (Å²) in [6, 6.07) is 16.1. The summed E-state index contributed by atoms with van der Waals surface area (Å²) in [5.74, 6) is 5.41. The zero-order chi connectivity index (χ0) is 20.8. The molecule has 0 aliphatic rings. The number of carbonyl (C=O) groups excluding carboxylic acids is 2. The van der Waals surface area contributed by atoms with E-state index in [0.29, 0.717) is 17.7 Å². The summed E-state index contributed by atoms with van der Waals surface area (Å²) in [6.07, 6.45) is 0.321. The van der Waals surface area contributed by atoms with Crippen molar-refractivity contribution in [2.24, 2.45) is 0 Å². The van der Waals surface area contributed by atoms with Gasteiger partial charge in [0.05, 0.1) is 5.75 Å². The highest BCUT2D eigenvalue weighted by molar-refractivity contribution is 7.99. The van der Waals surface area contributed by atoms with Crippen LogP contribution in [0.25, 0.3) is 0 Å². The van der Waals surface area contributed by atoms with Gasteiger partial charge in [0.1, 0.15) is 5.69 Å². The van der Waals surface area contributed by atoms with Crippen molar-refractivity contribution < 1.29 is 9.59 Å². The summed E-state index contributed by atoms with van der Waals surface area (Å²) < 4.78 is 0.902. The SMILES string of the molecule is CC(=O)c1cccc(NC(=O)CSc2nnc(Cc3ccccc3)c(=O)n2N)c1. The van der Waals surface area contributed by atoms with E-state index >= 15 is 0 Å². The summed E-state index contributed by atoms with van der Waals surface area (Å²) in [6.45, 7) is 1.46. The van der Waals surface area contributed by atoms with E-state index in [1.54, 1.807) is 24.3 Å². The number of hydrogen-bond acceptors (Lipinski definition) is 7. The first-order chi connectivity index (χ1) is 13.9. The van der Waals surface area contributed by atoms with Gasteiger partial charge in [0.15, 0.2) is 5.78 Å². The molecule has 1 aromatic heterocycles. The number of nitrogens with zero attached hydrogens (tertiary/aromatic N) is 3. The molecule has 29 heavy (non-hydrogen) atoms. The van der Waals surface area contributed by atoms with Gasteiger partial charge in [-0.3, -0.25) is 14.4 Å². The Kier molecular flexibility index (Phi) is 6.40. The molecule has 0 unspecified atom stereocenters. The van der Waals surface area contributed by atoms with Crippen molar-refractivity contribution in [2.75, 3.05) is 16.9 Å². The van der Waals surface area contributed by atoms with Gasteiger partial charge in [-0.15, -0.1) is 10.2 Å². The molecule has 148 valence electrons. The van der Waals surface area contributed by atoms with Crippen molar-refractivity contribution in [3.05, 3.63) is 81.8 Å². The number of carbonyl (C=O) groups is 2. The fourth-order valence-electron chi connectivity index (χ4n) is 2.56. The quantitative estimate of drug-likeness (QED) is 0.347. The standard InChI is InChI=1S/C20H19N5O3S/c1-13(26)15-8-5-9-16(11-15)22-18(27)12-29-20-24-23-17(19(28)25(20)21)10-14-6-3-2-4-7-14/h2-9,11H,10,12,21H2,1H3,(H,22,27). The van der Waals surface area contributed by atoms with Crippen molar-refractivity contribution in [2.45, 2.75) is 18.5 Å². The lowest BCUT2D eigenvalue weighted by Crippen LogP contribution is -2.34. The number of Topliss-reactive ketones (excluding diaryl/α,β-unsaturated/α-hetero) is 1. The van der Waals surface area contributed by atoms with Gasteiger partial charge in [-0.05, 0) is 24.6 Å². The Labute approximate surface area is 171 Å². The number of anilines is 1. The van der Waals surface area contributed by atoms with Gasteiger partial charge >= 0.3 is 0 Å². The third-order valence-corrected chi connectivity index (χ3v) is 4.97. The second-order valence-corrected chi connectivity index (χ2v) is 7.18. The topological polar surface area (TPSA) is 120 Å². The van der Waals surface area contributed by atoms with E-state index in [4.69, 9.17) is 5.84 Å². The van der Waals surface area contributed by atoms with Crippen LogP contribution in [0.2, 0.25) is 0 Å². The Balaban J connectivity index is 1.64. The molecule has 0 saturated carbocycles. The molecule has 3 N–H and O–H groups in total. The highest BCUT2D eigenvalue weighted by Gasteiger charge is 2.13. The minimum absolute atomic E-state index is 0.0202. The molecule has 0 aliphatic carbocycles. The summed E-state index contributed by atoms with van der Waals surface area (Å²) in [4.78, 5) is 36.0. The summed E-state index contributed by atoms with van der Waals surface area (Å²) in [5.41, 5.74) is 1.71. The molecular formula is C20H19N5O3S. The van der Waals surface area contributed by atoms with Crippen LogP contribution >= 0.6 is 11.8 Å². The zero-order valence-corrected chi connectivity index (χ0v) is 16.5. The molecule has 1 amide bonds. The maximum absolute atomic E-state index is 12.4. The largest absolute Gasteiger partial charge is 0.334 e. The van der Waals surface area contributed by atoms with E-state index in [9.17, 15) is 14.4 Å². The first kappa shape index (κ1) is 20.3. The van der Waals surface area contributed by atoms with Crippen LogP contribution < -0.4 is 16.7 Å². The monoisotopic (exact) mass is 409 g/mol. The first-order valence-electron chi connectivity index (χ1n) is 8.75. The molecule has 3 aromatic rings. The van der Waals surface area contributed by atoms with Gasteiger partial charge in [0, 0.05) is 17.7 Å². The van der Waals surface area contributed by atoms with Crippen molar-refractivity contribution >= 4 is 29.1 Å². The average molecular weight is 409 g/mol. The summed E-state index contributed by atoms with van der Waals surface area (Å²) in [7, 11) is 0. The number of aromatic nitrogens is 3. The number of nitrogens with two attached hydrogens (primary N) is 1. The fraction of sp³-hybridized carbons (Fsp3) is 0.150. The van der Waals surface area contributed by atoms with E-state index in [2.05, 4.69) is 15.5 Å². The number of benzene rings is 2. The van der Waals surface area contributed by atoms with Crippen molar-refractivity contribution in [1.29, 1.82) is 0 Å². The number of rotatable bonds is 7. The lowest BCUT2D eigenvalue weighted by molar-refractivity contribution is -0.113. The second kappa shape index (κ2) is 9.16. The van der Waals surface area contributed by atoms with Crippen molar-refractivity contribution in [1.82, 2.24) is 14.9 Å². The zero-order valence-electron chi connectivity index (χ0n) is 15.7. The van der Waals surface area contributed by atoms with Crippen LogP contribution in [0.3, 0.4) is 0 Å². The Morgan fingerprint density at radius 1 is 1.10 bits per heavy atom. The Morgan fingerprint density at radius 3 is 2.59 bits per heavy atom. The minimum Gasteiger partial charge on any atom is -0.334 e. The Bertz CT molecular complexity index is 1100. The molecule has 1 heterocycles. The van der Waals surface area contributed by atoms with Crippen LogP contribution in [0.5, 0.6) is 0 Å². The lowest BCUT2D eigenvalue weighted by Gasteiger charge is -2.08. The van der Waals surface area contributed by atoms with E-state index in [1.165, 1.54) is 6.92 Å². The minimum atomic E-state index is -0.457. The molecule has 0 fully saturated rings. The predicted molar refractivity (Wildman–Crippen MR) is 111 cm³/mol. The van der Waals surface area contributed by atoms with E-state index in [0.717, 1.165) is 22.0 Å². The molecule has 3 rings (SSSR count). The molecule has 0 radical (unpaired) electrons. The Morgan fingerprint density at radius 2 is 1.86 bits per heavy atom. The number of thioether (sulfide) groups is 1. The highest BCUT2D eigenvalue weighted by Crippen LogP contribution is 2.15. The molecule has 2 aromatic carbocycles. The Hall–Kier alpha value is -3.46. The van der Waals surface area contributed by atoms with Crippen molar-refractivity contribution in [3.63, 3.8) is 0 Å². The highest BCUT2D eigenvalue weighted by atomic mass is 32.2. The van der Waals surface area contributed by atoms with E-state index < -0.39 is 5.56 Å². The molecule has 0 spiro atoms. The van der Waals surface area contributed by atoms with Crippen molar-refractivity contribution in [3.8, 4) is 0 Å².